The first-order valence-electron chi connectivity index (χ1n) is 11.7. The molecule has 33 heavy (non-hydrogen) atoms. The SMILES string of the molecule is Cc1ccccc1-c1cccc([C@H](CC(=O)O)NC(=O)C(CC(C)C)N2CCCCC2=O)c1. The van der Waals surface area contributed by atoms with Crippen molar-refractivity contribution in [3.8, 4) is 11.1 Å². The highest BCUT2D eigenvalue weighted by Crippen LogP contribution is 2.28. The van der Waals surface area contributed by atoms with Gasteiger partial charge in [-0.3, -0.25) is 14.4 Å². The summed E-state index contributed by atoms with van der Waals surface area (Å²) in [7, 11) is 0. The largest absolute Gasteiger partial charge is 0.481 e. The Bertz CT molecular complexity index is 1000. The highest BCUT2D eigenvalue weighted by Gasteiger charge is 2.33. The highest BCUT2D eigenvalue weighted by atomic mass is 16.4. The van der Waals surface area contributed by atoms with Gasteiger partial charge in [0.05, 0.1) is 12.5 Å². The third kappa shape index (κ3) is 6.44. The fraction of sp³-hybridized carbons (Fsp3) is 0.444. The first-order chi connectivity index (χ1) is 15.8. The van der Waals surface area contributed by atoms with Gasteiger partial charge in [-0.2, -0.15) is 0 Å². The summed E-state index contributed by atoms with van der Waals surface area (Å²) in [5.41, 5.74) is 3.89. The number of aryl methyl sites for hydroxylation is 1. The summed E-state index contributed by atoms with van der Waals surface area (Å²) in [4.78, 5) is 39.3. The van der Waals surface area contributed by atoms with Crippen molar-refractivity contribution in [1.82, 2.24) is 10.2 Å². The number of likely N-dealkylation sites (tertiary alicyclic amines) is 1. The summed E-state index contributed by atoms with van der Waals surface area (Å²) in [6.07, 6.45) is 2.49. The highest BCUT2D eigenvalue weighted by molar-refractivity contribution is 5.88. The zero-order valence-corrected chi connectivity index (χ0v) is 19.7. The van der Waals surface area contributed by atoms with Gasteiger partial charge in [0.25, 0.3) is 0 Å². The molecule has 0 aliphatic carbocycles. The average molecular weight is 451 g/mol. The standard InChI is InChI=1S/C27H34N2O4/c1-18(2)15-24(29-14-7-6-13-25(29)30)27(33)28-23(17-26(31)32)21-11-8-10-20(16-21)22-12-5-4-9-19(22)3/h4-5,8-12,16,18,23-24H,6-7,13-15,17H2,1-3H3,(H,28,33)(H,31,32)/t23-,24?/m0/s1. The molecule has 2 aromatic carbocycles. The number of hydrogen-bond donors (Lipinski definition) is 2. The van der Waals surface area contributed by atoms with Crippen LogP contribution in [0, 0.1) is 12.8 Å². The van der Waals surface area contributed by atoms with Crippen molar-refractivity contribution < 1.29 is 19.5 Å². The van der Waals surface area contributed by atoms with Crippen LogP contribution in [-0.4, -0.2) is 40.4 Å². The van der Waals surface area contributed by atoms with Crippen LogP contribution in [0.5, 0.6) is 0 Å². The van der Waals surface area contributed by atoms with E-state index in [0.29, 0.717) is 19.4 Å². The maximum absolute atomic E-state index is 13.4. The van der Waals surface area contributed by atoms with Crippen molar-refractivity contribution in [2.45, 2.75) is 65.0 Å². The maximum Gasteiger partial charge on any atom is 0.305 e. The van der Waals surface area contributed by atoms with E-state index in [0.717, 1.165) is 35.1 Å². The summed E-state index contributed by atoms with van der Waals surface area (Å²) < 4.78 is 0. The van der Waals surface area contributed by atoms with Crippen LogP contribution in [-0.2, 0) is 14.4 Å². The van der Waals surface area contributed by atoms with E-state index < -0.39 is 18.1 Å². The molecule has 3 rings (SSSR count). The monoisotopic (exact) mass is 450 g/mol. The molecule has 6 nitrogen and oxygen atoms in total. The first kappa shape index (κ1) is 24.5. The number of piperidine rings is 1. The quantitative estimate of drug-likeness (QED) is 0.579. The van der Waals surface area contributed by atoms with E-state index in [-0.39, 0.29) is 24.2 Å². The Labute approximate surface area is 196 Å². The summed E-state index contributed by atoms with van der Waals surface area (Å²) in [6.45, 7) is 6.64. The van der Waals surface area contributed by atoms with Crippen LogP contribution >= 0.6 is 0 Å². The number of amides is 2. The van der Waals surface area contributed by atoms with Gasteiger partial charge < -0.3 is 15.3 Å². The molecular formula is C27H34N2O4. The van der Waals surface area contributed by atoms with Crippen molar-refractivity contribution in [3.05, 3.63) is 59.7 Å². The van der Waals surface area contributed by atoms with Gasteiger partial charge in [0.2, 0.25) is 11.8 Å². The minimum absolute atomic E-state index is 0.00150. The number of nitrogens with one attached hydrogen (secondary N) is 1. The predicted octanol–water partition coefficient (Wildman–Crippen LogP) is 4.72. The number of benzene rings is 2. The molecule has 1 aliphatic heterocycles. The van der Waals surface area contributed by atoms with Gasteiger partial charge in [-0.1, -0.05) is 56.3 Å². The molecule has 6 heteroatoms. The molecule has 2 atom stereocenters. The molecule has 2 N–H and O–H groups in total. The lowest BCUT2D eigenvalue weighted by atomic mass is 9.94. The summed E-state index contributed by atoms with van der Waals surface area (Å²) in [6, 6.07) is 14.4. The molecule has 1 saturated heterocycles. The second-order valence-corrected chi connectivity index (χ2v) is 9.29. The van der Waals surface area contributed by atoms with Crippen LogP contribution in [0.15, 0.2) is 48.5 Å². The van der Waals surface area contributed by atoms with Crippen molar-refractivity contribution in [2.24, 2.45) is 5.92 Å². The molecule has 1 unspecified atom stereocenters. The molecule has 0 saturated carbocycles. The second-order valence-electron chi connectivity index (χ2n) is 9.29. The lowest BCUT2D eigenvalue weighted by Gasteiger charge is -2.35. The van der Waals surface area contributed by atoms with Gasteiger partial charge in [0.15, 0.2) is 0 Å². The average Bonchev–Trinajstić information content (AvgIpc) is 2.77. The van der Waals surface area contributed by atoms with E-state index in [4.69, 9.17) is 0 Å². The Morgan fingerprint density at radius 1 is 1.09 bits per heavy atom. The normalized spacial score (nSPS) is 15.9. The minimum Gasteiger partial charge on any atom is -0.481 e. The number of carboxylic acids is 1. The number of aliphatic carboxylic acids is 1. The van der Waals surface area contributed by atoms with Crippen molar-refractivity contribution in [3.63, 3.8) is 0 Å². The Balaban J connectivity index is 1.89. The van der Waals surface area contributed by atoms with Gasteiger partial charge in [-0.05, 0) is 60.4 Å². The molecule has 0 aromatic heterocycles. The summed E-state index contributed by atoms with van der Waals surface area (Å²) in [5, 5.41) is 12.5. The van der Waals surface area contributed by atoms with Crippen molar-refractivity contribution in [2.75, 3.05) is 6.54 Å². The third-order valence-electron chi connectivity index (χ3n) is 6.17. The van der Waals surface area contributed by atoms with E-state index in [1.165, 1.54) is 0 Å². The van der Waals surface area contributed by atoms with E-state index in [1.807, 2.05) is 69.3 Å². The summed E-state index contributed by atoms with van der Waals surface area (Å²) in [5.74, 6) is -1.06. The van der Waals surface area contributed by atoms with Gasteiger partial charge in [0.1, 0.15) is 6.04 Å². The fourth-order valence-corrected chi connectivity index (χ4v) is 4.49. The topological polar surface area (TPSA) is 86.7 Å². The van der Waals surface area contributed by atoms with Crippen LogP contribution in [0.1, 0.15) is 63.1 Å². The van der Waals surface area contributed by atoms with E-state index in [2.05, 4.69) is 5.32 Å². The van der Waals surface area contributed by atoms with Crippen LogP contribution in [0.2, 0.25) is 0 Å². The summed E-state index contributed by atoms with van der Waals surface area (Å²) >= 11 is 0. The number of carbonyl (C=O) groups excluding carboxylic acids is 2. The molecule has 2 amide bonds. The Morgan fingerprint density at radius 3 is 2.52 bits per heavy atom. The predicted molar refractivity (Wildman–Crippen MR) is 129 cm³/mol. The van der Waals surface area contributed by atoms with E-state index in [9.17, 15) is 19.5 Å². The number of carboxylic acid groups (broad SMARTS) is 1. The first-order valence-corrected chi connectivity index (χ1v) is 11.7. The number of rotatable bonds is 9. The Kier molecular flexibility index (Phi) is 8.26. The molecule has 0 radical (unpaired) electrons. The lowest BCUT2D eigenvalue weighted by Crippen LogP contribution is -2.52. The molecule has 0 bridgehead atoms. The maximum atomic E-state index is 13.4. The minimum atomic E-state index is -0.990. The fourth-order valence-electron chi connectivity index (χ4n) is 4.49. The van der Waals surface area contributed by atoms with Crippen LogP contribution < -0.4 is 5.32 Å². The Hall–Kier alpha value is -3.15. The van der Waals surface area contributed by atoms with Gasteiger partial charge >= 0.3 is 5.97 Å². The van der Waals surface area contributed by atoms with Gasteiger partial charge in [-0.15, -0.1) is 0 Å². The van der Waals surface area contributed by atoms with Crippen LogP contribution in [0.4, 0.5) is 0 Å². The molecular weight excluding hydrogens is 416 g/mol. The van der Waals surface area contributed by atoms with E-state index in [1.54, 1.807) is 4.90 Å². The smallest absolute Gasteiger partial charge is 0.305 e. The molecule has 1 fully saturated rings. The zero-order chi connectivity index (χ0) is 24.0. The lowest BCUT2D eigenvalue weighted by molar-refractivity contribution is -0.144. The third-order valence-corrected chi connectivity index (χ3v) is 6.17. The van der Waals surface area contributed by atoms with Gasteiger partial charge in [0, 0.05) is 13.0 Å². The molecule has 0 spiro atoms. The molecule has 1 aliphatic rings. The molecule has 2 aromatic rings. The number of hydrogen-bond acceptors (Lipinski definition) is 3. The molecule has 1 heterocycles. The van der Waals surface area contributed by atoms with Gasteiger partial charge in [-0.25, -0.2) is 0 Å². The zero-order valence-electron chi connectivity index (χ0n) is 19.7. The molecule has 176 valence electrons. The Morgan fingerprint density at radius 2 is 1.85 bits per heavy atom. The van der Waals surface area contributed by atoms with E-state index >= 15 is 0 Å². The van der Waals surface area contributed by atoms with Crippen molar-refractivity contribution in [1.29, 1.82) is 0 Å². The van der Waals surface area contributed by atoms with Crippen molar-refractivity contribution >= 4 is 17.8 Å². The van der Waals surface area contributed by atoms with Crippen LogP contribution in [0.25, 0.3) is 11.1 Å². The number of carbonyl (C=O) groups is 3. The van der Waals surface area contributed by atoms with Crippen LogP contribution in [0.3, 0.4) is 0 Å². The second kappa shape index (κ2) is 11.1. The number of nitrogens with zero attached hydrogens (tertiary/aromatic N) is 1.